The Bertz CT molecular complexity index is 634. The van der Waals surface area contributed by atoms with E-state index in [4.69, 9.17) is 5.11 Å². The van der Waals surface area contributed by atoms with Gasteiger partial charge in [-0.2, -0.15) is 0 Å². The number of aromatic nitrogens is 1. The van der Waals surface area contributed by atoms with Crippen LogP contribution in [-0.2, 0) is 17.8 Å². The number of rotatable bonds is 6. The van der Waals surface area contributed by atoms with E-state index in [1.54, 1.807) is 34.7 Å². The predicted octanol–water partition coefficient (Wildman–Crippen LogP) is 2.27. The lowest BCUT2D eigenvalue weighted by Crippen LogP contribution is -2.18. The topological polar surface area (TPSA) is 59.3 Å². The Morgan fingerprint density at radius 2 is 1.90 bits per heavy atom. The van der Waals surface area contributed by atoms with Crippen LogP contribution < -0.4 is 5.56 Å². The first-order chi connectivity index (χ1) is 9.65. The fraction of sp³-hybridized carbons (Fsp3) is 0.200. The van der Waals surface area contributed by atoms with Crippen molar-refractivity contribution in [1.82, 2.24) is 4.57 Å². The van der Waals surface area contributed by atoms with Crippen LogP contribution in [0.2, 0.25) is 0 Å². The highest BCUT2D eigenvalue weighted by Gasteiger charge is 2.01. The molecule has 1 N–H and O–H groups in total. The zero-order valence-electron chi connectivity index (χ0n) is 10.9. The molecule has 104 valence electrons. The van der Waals surface area contributed by atoms with Crippen molar-refractivity contribution < 1.29 is 9.90 Å². The van der Waals surface area contributed by atoms with E-state index in [-0.39, 0.29) is 12.0 Å². The van der Waals surface area contributed by atoms with Crippen molar-refractivity contribution in [3.8, 4) is 0 Å². The van der Waals surface area contributed by atoms with Gasteiger partial charge in [-0.3, -0.25) is 9.59 Å². The number of benzene rings is 1. The molecule has 1 aromatic carbocycles. The zero-order valence-corrected chi connectivity index (χ0v) is 11.7. The number of thioether (sulfide) groups is 1. The Balaban J connectivity index is 1.87. The quantitative estimate of drug-likeness (QED) is 0.829. The van der Waals surface area contributed by atoms with Gasteiger partial charge in [-0.25, -0.2) is 0 Å². The molecule has 0 atom stereocenters. The maximum absolute atomic E-state index is 11.5. The van der Waals surface area contributed by atoms with Crippen molar-refractivity contribution in [2.24, 2.45) is 0 Å². The molecular weight excluding hydrogens is 274 g/mol. The minimum absolute atomic E-state index is 0.00454. The molecule has 2 rings (SSSR count). The maximum Gasteiger partial charge on any atom is 0.307 e. The Hall–Kier alpha value is -2.01. The molecule has 0 aliphatic rings. The molecule has 4 nitrogen and oxygen atoms in total. The third-order valence-electron chi connectivity index (χ3n) is 2.78. The van der Waals surface area contributed by atoms with E-state index in [1.807, 2.05) is 30.3 Å². The average Bonchev–Trinajstić information content (AvgIpc) is 2.42. The fourth-order valence-electron chi connectivity index (χ4n) is 1.79. The van der Waals surface area contributed by atoms with Crippen LogP contribution in [0.5, 0.6) is 0 Å². The molecule has 0 saturated carbocycles. The molecule has 0 unspecified atom stereocenters. The van der Waals surface area contributed by atoms with Gasteiger partial charge in [0, 0.05) is 29.5 Å². The van der Waals surface area contributed by atoms with Crippen molar-refractivity contribution in [3.63, 3.8) is 0 Å². The molecule has 2 aromatic rings. The van der Waals surface area contributed by atoms with Gasteiger partial charge < -0.3 is 9.67 Å². The van der Waals surface area contributed by atoms with Crippen LogP contribution in [0.15, 0.2) is 58.4 Å². The van der Waals surface area contributed by atoms with Crippen molar-refractivity contribution in [3.05, 3.63) is 64.6 Å². The second-order valence-electron chi connectivity index (χ2n) is 4.30. The molecule has 0 aliphatic carbocycles. The molecule has 0 saturated heterocycles. The highest BCUT2D eigenvalue weighted by Crippen LogP contribution is 2.18. The van der Waals surface area contributed by atoms with Gasteiger partial charge in [-0.1, -0.05) is 18.2 Å². The fourth-order valence-corrected chi connectivity index (χ4v) is 2.64. The van der Waals surface area contributed by atoms with Crippen LogP contribution in [0, 0.1) is 0 Å². The summed E-state index contributed by atoms with van der Waals surface area (Å²) in [7, 11) is 0. The Kier molecular flexibility index (Phi) is 5.01. The lowest BCUT2D eigenvalue weighted by atomic mass is 10.2. The number of hydrogen-bond donors (Lipinski definition) is 1. The Morgan fingerprint density at radius 1 is 1.15 bits per heavy atom. The first kappa shape index (κ1) is 14.4. The molecule has 0 spiro atoms. The summed E-state index contributed by atoms with van der Waals surface area (Å²) in [5.74, 6) is -0.0313. The molecule has 0 radical (unpaired) electrons. The summed E-state index contributed by atoms with van der Waals surface area (Å²) >= 11 is 1.64. The van der Waals surface area contributed by atoms with Gasteiger partial charge in [-0.05, 0) is 23.8 Å². The van der Waals surface area contributed by atoms with Gasteiger partial charge in [0.05, 0.1) is 6.42 Å². The SMILES string of the molecule is O=C(O)Cc1ccc(SCCn2ccccc2=O)cc1. The summed E-state index contributed by atoms with van der Waals surface area (Å²) in [4.78, 5) is 23.2. The van der Waals surface area contributed by atoms with Crippen LogP contribution in [0.4, 0.5) is 0 Å². The summed E-state index contributed by atoms with van der Waals surface area (Å²) in [6, 6.07) is 12.6. The summed E-state index contributed by atoms with van der Waals surface area (Å²) in [6.45, 7) is 0.654. The van der Waals surface area contributed by atoms with Gasteiger partial charge >= 0.3 is 5.97 Å². The third-order valence-corrected chi connectivity index (χ3v) is 3.77. The predicted molar refractivity (Wildman–Crippen MR) is 79.2 cm³/mol. The lowest BCUT2D eigenvalue weighted by Gasteiger charge is -2.05. The van der Waals surface area contributed by atoms with Crippen LogP contribution >= 0.6 is 11.8 Å². The molecular formula is C15H15NO3S. The summed E-state index contributed by atoms with van der Waals surface area (Å²) in [5, 5.41) is 8.69. The Labute approximate surface area is 121 Å². The number of carboxylic acid groups (broad SMARTS) is 1. The molecule has 0 fully saturated rings. The van der Waals surface area contributed by atoms with Crippen molar-refractivity contribution in [2.75, 3.05) is 5.75 Å². The number of nitrogens with zero attached hydrogens (tertiary/aromatic N) is 1. The van der Waals surface area contributed by atoms with E-state index in [1.165, 1.54) is 0 Å². The third kappa shape index (κ3) is 4.28. The number of carbonyl (C=O) groups is 1. The van der Waals surface area contributed by atoms with Crippen molar-refractivity contribution >= 4 is 17.7 Å². The number of aliphatic carboxylic acids is 1. The smallest absolute Gasteiger partial charge is 0.307 e. The van der Waals surface area contributed by atoms with E-state index in [0.717, 1.165) is 16.2 Å². The van der Waals surface area contributed by atoms with E-state index in [9.17, 15) is 9.59 Å². The van der Waals surface area contributed by atoms with Crippen LogP contribution in [0.25, 0.3) is 0 Å². The van der Waals surface area contributed by atoms with Crippen molar-refractivity contribution in [2.45, 2.75) is 17.9 Å². The molecule has 1 aromatic heterocycles. The maximum atomic E-state index is 11.5. The van der Waals surface area contributed by atoms with Gasteiger partial charge in [0.15, 0.2) is 0 Å². The second kappa shape index (κ2) is 6.96. The van der Waals surface area contributed by atoms with E-state index < -0.39 is 5.97 Å². The molecule has 1 heterocycles. The van der Waals surface area contributed by atoms with E-state index in [2.05, 4.69) is 0 Å². The monoisotopic (exact) mass is 289 g/mol. The van der Waals surface area contributed by atoms with Crippen LogP contribution in [-0.4, -0.2) is 21.4 Å². The minimum atomic E-state index is -0.825. The van der Waals surface area contributed by atoms with Crippen LogP contribution in [0.1, 0.15) is 5.56 Å². The average molecular weight is 289 g/mol. The number of aryl methyl sites for hydroxylation is 1. The van der Waals surface area contributed by atoms with Crippen molar-refractivity contribution in [1.29, 1.82) is 0 Å². The summed E-state index contributed by atoms with van der Waals surface area (Å²) in [5.41, 5.74) is 0.797. The number of pyridine rings is 1. The first-order valence-corrected chi connectivity index (χ1v) is 7.23. The highest BCUT2D eigenvalue weighted by molar-refractivity contribution is 7.99. The van der Waals surface area contributed by atoms with Gasteiger partial charge in [0.2, 0.25) is 0 Å². The molecule has 0 amide bonds. The largest absolute Gasteiger partial charge is 0.481 e. The lowest BCUT2D eigenvalue weighted by molar-refractivity contribution is -0.136. The number of hydrogen-bond acceptors (Lipinski definition) is 3. The summed E-state index contributed by atoms with van der Waals surface area (Å²) in [6.07, 6.45) is 1.82. The second-order valence-corrected chi connectivity index (χ2v) is 5.46. The van der Waals surface area contributed by atoms with E-state index >= 15 is 0 Å². The van der Waals surface area contributed by atoms with Gasteiger partial charge in [-0.15, -0.1) is 11.8 Å². The first-order valence-electron chi connectivity index (χ1n) is 6.24. The summed E-state index contributed by atoms with van der Waals surface area (Å²) < 4.78 is 1.67. The minimum Gasteiger partial charge on any atom is -0.481 e. The van der Waals surface area contributed by atoms with Gasteiger partial charge in [0.1, 0.15) is 0 Å². The zero-order chi connectivity index (χ0) is 14.4. The molecule has 5 heteroatoms. The number of carboxylic acids is 1. The molecule has 20 heavy (non-hydrogen) atoms. The van der Waals surface area contributed by atoms with E-state index in [0.29, 0.717) is 6.54 Å². The molecule has 0 aliphatic heterocycles. The van der Waals surface area contributed by atoms with Crippen LogP contribution in [0.3, 0.4) is 0 Å². The highest BCUT2D eigenvalue weighted by atomic mass is 32.2. The Morgan fingerprint density at radius 3 is 2.55 bits per heavy atom. The standard InChI is InChI=1S/C15H15NO3S/c17-14-3-1-2-8-16(14)9-10-20-13-6-4-12(5-7-13)11-15(18)19/h1-8H,9-11H2,(H,18,19). The normalized spacial score (nSPS) is 10.4. The molecule has 0 bridgehead atoms. The van der Waals surface area contributed by atoms with Gasteiger partial charge in [0.25, 0.3) is 5.56 Å².